The Hall–Kier alpha value is -0.870. The van der Waals surface area contributed by atoms with Crippen LogP contribution in [0.1, 0.15) is 49.0 Å². The van der Waals surface area contributed by atoms with Crippen LogP contribution >= 0.6 is 22.9 Å². The lowest BCUT2D eigenvalue weighted by atomic mass is 9.95. The Balaban J connectivity index is 1.73. The maximum absolute atomic E-state index is 6.50. The van der Waals surface area contributed by atoms with E-state index in [1.165, 1.54) is 55.4 Å². The molecule has 0 bridgehead atoms. The Kier molecular flexibility index (Phi) is 3.54. The molecule has 0 aromatic carbocycles. The highest BCUT2D eigenvalue weighted by atomic mass is 35.5. The maximum Gasteiger partial charge on any atom is 0.228 e. The Bertz CT molecular complexity index is 676. The molecule has 2 aromatic heterocycles. The third kappa shape index (κ3) is 2.33. The summed E-state index contributed by atoms with van der Waals surface area (Å²) < 4.78 is 0. The summed E-state index contributed by atoms with van der Waals surface area (Å²) >= 11 is 8.32. The first kappa shape index (κ1) is 13.8. The van der Waals surface area contributed by atoms with E-state index in [0.29, 0.717) is 11.2 Å². The van der Waals surface area contributed by atoms with Gasteiger partial charge >= 0.3 is 0 Å². The van der Waals surface area contributed by atoms with Crippen molar-refractivity contribution in [1.82, 2.24) is 9.97 Å². The van der Waals surface area contributed by atoms with Crippen LogP contribution in [0.15, 0.2) is 0 Å². The first-order valence-corrected chi connectivity index (χ1v) is 9.14. The van der Waals surface area contributed by atoms with Crippen LogP contribution in [0.2, 0.25) is 5.15 Å². The molecule has 1 fully saturated rings. The van der Waals surface area contributed by atoms with Crippen molar-refractivity contribution in [3.05, 3.63) is 15.6 Å². The highest BCUT2D eigenvalue weighted by Gasteiger charge is 2.25. The van der Waals surface area contributed by atoms with Crippen molar-refractivity contribution >= 4 is 39.1 Å². The van der Waals surface area contributed by atoms with E-state index in [4.69, 9.17) is 16.6 Å². The lowest BCUT2D eigenvalue weighted by Crippen LogP contribution is -2.34. The lowest BCUT2D eigenvalue weighted by Gasteiger charge is -2.31. The molecule has 0 unspecified atom stereocenters. The molecule has 2 aromatic rings. The number of aromatic nitrogens is 2. The molecule has 0 amide bonds. The number of aryl methyl sites for hydroxylation is 2. The molecule has 2 aliphatic rings. The van der Waals surface area contributed by atoms with Crippen LogP contribution < -0.4 is 4.90 Å². The predicted octanol–water partition coefficient (Wildman–Crippen LogP) is 4.60. The first-order chi connectivity index (χ1) is 10.2. The summed E-state index contributed by atoms with van der Waals surface area (Å²) in [6, 6.07) is 0.569. The second-order valence-electron chi connectivity index (χ2n) is 6.25. The normalized spacial score (nSPS) is 19.1. The van der Waals surface area contributed by atoms with Crippen LogP contribution in [-0.2, 0) is 12.8 Å². The molecule has 0 spiro atoms. The molecule has 0 atom stereocenters. The first-order valence-electron chi connectivity index (χ1n) is 7.94. The van der Waals surface area contributed by atoms with Crippen LogP contribution in [0.4, 0.5) is 5.95 Å². The Morgan fingerprint density at radius 1 is 1.10 bits per heavy atom. The Morgan fingerprint density at radius 3 is 2.71 bits per heavy atom. The lowest BCUT2D eigenvalue weighted by molar-refractivity contribution is 0.424. The molecule has 4 rings (SSSR count). The number of fused-ring (bicyclic) bond motifs is 3. The number of hydrogen-bond donors (Lipinski definition) is 0. The van der Waals surface area contributed by atoms with E-state index in [0.717, 1.165) is 22.6 Å². The summed E-state index contributed by atoms with van der Waals surface area (Å²) in [5, 5.41) is 1.77. The number of halogens is 1. The zero-order chi connectivity index (χ0) is 14.4. The molecule has 3 nitrogen and oxygen atoms in total. The van der Waals surface area contributed by atoms with Gasteiger partial charge in [0.25, 0.3) is 0 Å². The average molecular weight is 322 g/mol. The summed E-state index contributed by atoms with van der Waals surface area (Å²) in [6.45, 7) is 0. The third-order valence-electron chi connectivity index (χ3n) is 4.95. The van der Waals surface area contributed by atoms with Gasteiger partial charge in [-0.15, -0.1) is 11.3 Å². The second-order valence-corrected chi connectivity index (χ2v) is 7.70. The van der Waals surface area contributed by atoms with Crippen molar-refractivity contribution in [3.63, 3.8) is 0 Å². The molecule has 2 heterocycles. The molecule has 0 N–H and O–H groups in total. The van der Waals surface area contributed by atoms with Gasteiger partial charge in [0.05, 0.1) is 5.39 Å². The molecule has 5 heteroatoms. The minimum absolute atomic E-state index is 0.569. The molecule has 21 heavy (non-hydrogen) atoms. The van der Waals surface area contributed by atoms with Crippen molar-refractivity contribution in [2.24, 2.45) is 0 Å². The summed E-state index contributed by atoms with van der Waals surface area (Å²) in [6.07, 6.45) is 10.1. The molecule has 1 saturated carbocycles. The van der Waals surface area contributed by atoms with Crippen molar-refractivity contribution in [2.75, 3.05) is 11.9 Å². The third-order valence-corrected chi connectivity index (χ3v) is 6.41. The summed E-state index contributed by atoms with van der Waals surface area (Å²) in [5.74, 6) is 0.805. The minimum Gasteiger partial charge on any atom is -0.341 e. The van der Waals surface area contributed by atoms with E-state index in [1.807, 2.05) is 11.3 Å². The minimum atomic E-state index is 0.569. The molecular formula is C16H20ClN3S. The Labute approximate surface area is 134 Å². The molecular weight excluding hydrogens is 302 g/mol. The molecule has 0 radical (unpaired) electrons. The number of thiophene rings is 1. The monoisotopic (exact) mass is 321 g/mol. The smallest absolute Gasteiger partial charge is 0.228 e. The zero-order valence-corrected chi connectivity index (χ0v) is 13.9. The number of anilines is 1. The van der Waals surface area contributed by atoms with Crippen molar-refractivity contribution < 1.29 is 0 Å². The van der Waals surface area contributed by atoms with Gasteiger partial charge in [0.2, 0.25) is 5.95 Å². The van der Waals surface area contributed by atoms with Gasteiger partial charge in [0, 0.05) is 18.0 Å². The standard InChI is InChI=1S/C16H20ClN3S/c1-20(10-6-3-2-4-7-10)16-18-14(17)13-11-8-5-9-12(11)21-15(13)19-16/h10H,2-9H2,1H3. The van der Waals surface area contributed by atoms with E-state index < -0.39 is 0 Å². The van der Waals surface area contributed by atoms with Crippen LogP contribution in [0, 0.1) is 0 Å². The highest BCUT2D eigenvalue weighted by Crippen LogP contribution is 2.40. The van der Waals surface area contributed by atoms with Gasteiger partial charge in [-0.1, -0.05) is 30.9 Å². The second kappa shape index (κ2) is 5.40. The SMILES string of the molecule is CN(c1nc(Cl)c2c3c(sc2n1)CCC3)C1CCCCC1. The quantitative estimate of drug-likeness (QED) is 0.757. The van der Waals surface area contributed by atoms with Gasteiger partial charge in [-0.25, -0.2) is 9.97 Å². The summed E-state index contributed by atoms with van der Waals surface area (Å²) in [5.41, 5.74) is 1.41. The molecule has 0 saturated heterocycles. The van der Waals surface area contributed by atoms with Crippen LogP contribution in [0.5, 0.6) is 0 Å². The van der Waals surface area contributed by atoms with E-state index in [1.54, 1.807) is 0 Å². The largest absolute Gasteiger partial charge is 0.341 e. The van der Waals surface area contributed by atoms with Crippen LogP contribution in [0.3, 0.4) is 0 Å². The molecule has 2 aliphatic carbocycles. The van der Waals surface area contributed by atoms with Crippen LogP contribution in [-0.4, -0.2) is 23.1 Å². The summed E-state index contributed by atoms with van der Waals surface area (Å²) in [4.78, 5) is 14.2. The number of nitrogens with zero attached hydrogens (tertiary/aromatic N) is 3. The van der Waals surface area contributed by atoms with Crippen LogP contribution in [0.25, 0.3) is 10.2 Å². The fourth-order valence-electron chi connectivity index (χ4n) is 3.73. The van der Waals surface area contributed by atoms with Gasteiger partial charge in [0.15, 0.2) is 0 Å². The molecule has 112 valence electrons. The maximum atomic E-state index is 6.50. The Morgan fingerprint density at radius 2 is 1.90 bits per heavy atom. The van der Waals surface area contributed by atoms with Crippen molar-refractivity contribution in [1.29, 1.82) is 0 Å². The zero-order valence-electron chi connectivity index (χ0n) is 12.4. The highest BCUT2D eigenvalue weighted by molar-refractivity contribution is 7.19. The van der Waals surface area contributed by atoms with Gasteiger partial charge < -0.3 is 4.90 Å². The van der Waals surface area contributed by atoms with Crippen molar-refractivity contribution in [2.45, 2.75) is 57.4 Å². The van der Waals surface area contributed by atoms with E-state index in [2.05, 4.69) is 16.9 Å². The number of hydrogen-bond acceptors (Lipinski definition) is 4. The fraction of sp³-hybridized carbons (Fsp3) is 0.625. The van der Waals surface area contributed by atoms with Gasteiger partial charge in [0.1, 0.15) is 9.98 Å². The van der Waals surface area contributed by atoms with E-state index in [9.17, 15) is 0 Å². The van der Waals surface area contributed by atoms with Gasteiger partial charge in [-0.3, -0.25) is 0 Å². The van der Waals surface area contributed by atoms with Gasteiger partial charge in [-0.05, 0) is 37.7 Å². The average Bonchev–Trinajstić information content (AvgIpc) is 3.07. The summed E-state index contributed by atoms with van der Waals surface area (Å²) in [7, 11) is 2.12. The van der Waals surface area contributed by atoms with E-state index >= 15 is 0 Å². The van der Waals surface area contributed by atoms with Crippen molar-refractivity contribution in [3.8, 4) is 0 Å². The predicted molar refractivity (Wildman–Crippen MR) is 89.7 cm³/mol. The topological polar surface area (TPSA) is 29.0 Å². The van der Waals surface area contributed by atoms with Gasteiger partial charge in [-0.2, -0.15) is 0 Å². The molecule has 0 aliphatic heterocycles. The van der Waals surface area contributed by atoms with E-state index in [-0.39, 0.29) is 0 Å². The number of rotatable bonds is 2. The fourth-order valence-corrected chi connectivity index (χ4v) is 5.32.